The van der Waals surface area contributed by atoms with Gasteiger partial charge < -0.3 is 18.4 Å². The summed E-state index contributed by atoms with van der Waals surface area (Å²) >= 11 is -1.39. The second-order valence-electron chi connectivity index (χ2n) is 9.91. The molecule has 0 aliphatic heterocycles. The molecular formula is C29H30F2N2O5S. The fourth-order valence-corrected chi connectivity index (χ4v) is 4.67. The van der Waals surface area contributed by atoms with Crippen LogP contribution >= 0.6 is 0 Å². The molecule has 4 rings (SSSR count). The molecule has 0 aliphatic carbocycles. The zero-order valence-electron chi connectivity index (χ0n) is 22.2. The highest BCUT2D eigenvalue weighted by atomic mass is 32.2. The molecule has 39 heavy (non-hydrogen) atoms. The molecule has 0 fully saturated rings. The lowest BCUT2D eigenvalue weighted by Gasteiger charge is -2.23. The Morgan fingerprint density at radius 1 is 1.15 bits per heavy atom. The number of nitrogens with zero attached hydrogens (tertiary/aromatic N) is 1. The lowest BCUT2D eigenvalue weighted by atomic mass is 10.00. The second-order valence-corrected chi connectivity index (χ2v) is 12.0. The van der Waals surface area contributed by atoms with E-state index < -0.39 is 33.7 Å². The van der Waals surface area contributed by atoms with Gasteiger partial charge in [-0.3, -0.25) is 9.78 Å². The summed E-state index contributed by atoms with van der Waals surface area (Å²) in [6.45, 7) is 6.86. The van der Waals surface area contributed by atoms with Gasteiger partial charge in [0.25, 0.3) is 0 Å². The number of halogens is 2. The quantitative estimate of drug-likeness (QED) is 0.189. The third-order valence-corrected chi connectivity index (χ3v) is 7.42. The number of carbonyl (C=O) groups is 1. The lowest BCUT2D eigenvalue weighted by molar-refractivity contribution is -0.140. The summed E-state index contributed by atoms with van der Waals surface area (Å²) in [7, 11) is 0. The normalized spacial score (nSPS) is 12.5. The summed E-state index contributed by atoms with van der Waals surface area (Å²) in [5.74, 6) is -1.45. The van der Waals surface area contributed by atoms with Crippen molar-refractivity contribution >= 4 is 28.3 Å². The van der Waals surface area contributed by atoms with E-state index in [1.165, 1.54) is 25.5 Å². The van der Waals surface area contributed by atoms with Gasteiger partial charge in [0, 0.05) is 53.0 Å². The van der Waals surface area contributed by atoms with Gasteiger partial charge in [0.2, 0.25) is 0 Å². The highest BCUT2D eigenvalue weighted by Crippen LogP contribution is 2.34. The zero-order valence-corrected chi connectivity index (χ0v) is 23.0. The van der Waals surface area contributed by atoms with E-state index in [-0.39, 0.29) is 43.2 Å². The zero-order chi connectivity index (χ0) is 28.2. The third-order valence-electron chi connectivity index (χ3n) is 5.90. The number of fused-ring (bicyclic) bond motifs is 1. The molecule has 0 spiro atoms. The number of rotatable bonds is 10. The van der Waals surface area contributed by atoms with Gasteiger partial charge >= 0.3 is 5.97 Å². The Bertz CT molecular complexity index is 1470. The molecule has 2 aromatic carbocycles. The molecule has 0 saturated carbocycles. The Morgan fingerprint density at radius 3 is 2.69 bits per heavy atom. The van der Waals surface area contributed by atoms with Crippen LogP contribution in [0.4, 0.5) is 8.78 Å². The van der Waals surface area contributed by atoms with E-state index in [0.29, 0.717) is 22.3 Å². The number of furan rings is 1. The number of ether oxygens (including phenoxy) is 2. The van der Waals surface area contributed by atoms with Gasteiger partial charge in [-0.2, -0.15) is 0 Å². The highest BCUT2D eigenvalue weighted by molar-refractivity contribution is 7.90. The van der Waals surface area contributed by atoms with E-state index in [1.54, 1.807) is 30.3 Å². The van der Waals surface area contributed by atoms with Crippen LogP contribution in [0.3, 0.4) is 0 Å². The van der Waals surface area contributed by atoms with E-state index >= 15 is 4.39 Å². The van der Waals surface area contributed by atoms with Crippen molar-refractivity contribution in [3.8, 4) is 16.9 Å². The first-order valence-electron chi connectivity index (χ1n) is 12.4. The summed E-state index contributed by atoms with van der Waals surface area (Å²) in [6, 6.07) is 11.4. The number of aromatic nitrogens is 1. The number of hydrogen-bond acceptors (Lipinski definition) is 7. The molecule has 10 heteroatoms. The van der Waals surface area contributed by atoms with Crippen molar-refractivity contribution in [3.63, 3.8) is 0 Å². The lowest BCUT2D eigenvalue weighted by Crippen LogP contribution is -2.39. The van der Waals surface area contributed by atoms with Crippen LogP contribution in [0.25, 0.3) is 22.1 Å². The monoisotopic (exact) mass is 556 g/mol. The number of carbonyl (C=O) groups excluding carboxylic acids is 1. The molecule has 4 aromatic rings. The molecule has 0 amide bonds. The average Bonchev–Trinajstić information content (AvgIpc) is 3.35. The van der Waals surface area contributed by atoms with Crippen molar-refractivity contribution in [1.29, 1.82) is 0 Å². The minimum Gasteiger partial charge on any atom is -0.598 e. The van der Waals surface area contributed by atoms with Gasteiger partial charge in [0.05, 0.1) is 25.1 Å². The van der Waals surface area contributed by atoms with Crippen LogP contribution in [0.1, 0.15) is 44.5 Å². The van der Waals surface area contributed by atoms with Gasteiger partial charge in [-0.1, -0.05) is 12.1 Å². The van der Waals surface area contributed by atoms with Crippen molar-refractivity contribution in [1.82, 2.24) is 9.71 Å². The van der Waals surface area contributed by atoms with Crippen LogP contribution in [-0.4, -0.2) is 26.9 Å². The summed E-state index contributed by atoms with van der Waals surface area (Å²) in [4.78, 5) is 15.2. The Kier molecular flexibility index (Phi) is 8.89. The van der Waals surface area contributed by atoms with E-state index in [1.807, 2.05) is 26.8 Å². The molecule has 0 aliphatic rings. The molecule has 2 heterocycles. The number of para-hydroxylation sites is 1. The largest absolute Gasteiger partial charge is 0.598 e. The number of hydrogen-bond donors (Lipinski definition) is 1. The highest BCUT2D eigenvalue weighted by Gasteiger charge is 2.27. The van der Waals surface area contributed by atoms with E-state index in [4.69, 9.17) is 13.9 Å². The summed E-state index contributed by atoms with van der Waals surface area (Å²) in [6.07, 6.45) is 3.29. The maximum Gasteiger partial charge on any atom is 0.302 e. The minimum absolute atomic E-state index is 0.00129. The molecule has 2 aromatic heterocycles. The first kappa shape index (κ1) is 28.5. The van der Waals surface area contributed by atoms with Crippen LogP contribution in [0.5, 0.6) is 5.75 Å². The molecule has 0 radical (unpaired) electrons. The van der Waals surface area contributed by atoms with Crippen molar-refractivity contribution in [2.75, 3.05) is 6.61 Å². The van der Waals surface area contributed by atoms with Gasteiger partial charge in [0.15, 0.2) is 17.4 Å². The Labute approximate surface area is 228 Å². The van der Waals surface area contributed by atoms with Crippen LogP contribution in [0, 0.1) is 11.6 Å². The van der Waals surface area contributed by atoms with Crippen LogP contribution in [0.2, 0.25) is 0 Å². The number of benzene rings is 2. The first-order valence-corrected chi connectivity index (χ1v) is 13.5. The number of esters is 1. The van der Waals surface area contributed by atoms with Crippen molar-refractivity contribution in [3.05, 3.63) is 83.4 Å². The number of nitrogens with one attached hydrogen (secondary N) is 1. The predicted octanol–water partition coefficient (Wildman–Crippen LogP) is 6.01. The fourth-order valence-electron chi connectivity index (χ4n) is 3.97. The molecular weight excluding hydrogens is 526 g/mol. The SMILES string of the molecule is CC(=O)OCCc1cccc(F)c1OCc1cc(-c2ccnc(CN[S@@+]([O-])C(C)(C)C)c2F)c2occc2c1. The molecule has 0 saturated heterocycles. The van der Waals surface area contributed by atoms with Crippen LogP contribution in [-0.2, 0) is 40.5 Å². The third kappa shape index (κ3) is 6.95. The standard InChI is InChI=1S/C29H30F2N2O5S/c1-18(34)36-12-9-20-6-5-7-24(30)28(20)38-17-19-14-21-10-13-37-27(21)23(15-19)22-8-11-32-25(26(22)31)16-33-39(35)29(2,3)4/h5-8,10-11,13-15,33H,9,12,16-17H2,1-4H3/t39-/m0/s1. The summed E-state index contributed by atoms with van der Waals surface area (Å²) in [5.41, 5.74) is 2.57. The van der Waals surface area contributed by atoms with E-state index in [0.717, 1.165) is 5.39 Å². The van der Waals surface area contributed by atoms with Gasteiger partial charge in [0.1, 0.15) is 16.9 Å². The van der Waals surface area contributed by atoms with Gasteiger partial charge in [-0.25, -0.2) is 8.78 Å². The van der Waals surface area contributed by atoms with Crippen LogP contribution < -0.4 is 9.46 Å². The first-order chi connectivity index (χ1) is 18.5. The van der Waals surface area contributed by atoms with Gasteiger partial charge in [-0.15, -0.1) is 4.72 Å². The molecule has 1 N–H and O–H groups in total. The van der Waals surface area contributed by atoms with E-state index in [2.05, 4.69) is 9.71 Å². The molecule has 1 atom stereocenters. The minimum atomic E-state index is -1.39. The average molecular weight is 557 g/mol. The summed E-state index contributed by atoms with van der Waals surface area (Å²) < 4.78 is 61.5. The molecule has 0 bridgehead atoms. The molecule has 7 nitrogen and oxygen atoms in total. The Balaban J connectivity index is 1.61. The van der Waals surface area contributed by atoms with Crippen molar-refractivity contribution in [2.45, 2.75) is 52.0 Å². The Morgan fingerprint density at radius 2 is 1.95 bits per heavy atom. The topological polar surface area (TPSA) is 96.7 Å². The Hall–Kier alpha value is -3.47. The van der Waals surface area contributed by atoms with Gasteiger partial charge in [-0.05, 0) is 56.7 Å². The number of pyridine rings is 1. The molecule has 0 unspecified atom stereocenters. The maximum absolute atomic E-state index is 15.6. The maximum atomic E-state index is 15.6. The van der Waals surface area contributed by atoms with Crippen LogP contribution in [0.15, 0.2) is 59.3 Å². The molecule has 206 valence electrons. The predicted molar refractivity (Wildman–Crippen MR) is 145 cm³/mol. The smallest absolute Gasteiger partial charge is 0.302 e. The van der Waals surface area contributed by atoms with Crippen molar-refractivity contribution in [2.24, 2.45) is 0 Å². The fraction of sp³-hybridized carbons (Fsp3) is 0.310. The van der Waals surface area contributed by atoms with E-state index in [9.17, 15) is 13.7 Å². The van der Waals surface area contributed by atoms with Crippen molar-refractivity contribution < 1.29 is 32.0 Å². The second kappa shape index (κ2) is 12.1. The summed E-state index contributed by atoms with van der Waals surface area (Å²) in [5, 5.41) is 0.722.